The van der Waals surface area contributed by atoms with E-state index in [1.807, 2.05) is 30.3 Å². The molecule has 0 spiro atoms. The average Bonchev–Trinajstić information content (AvgIpc) is 2.34. The number of halogens is 1. The number of aliphatic hydroxyl groups excluding tert-OH is 1. The minimum atomic E-state index is -0.489. The lowest BCUT2D eigenvalue weighted by Crippen LogP contribution is -2.05. The van der Waals surface area contributed by atoms with Crippen LogP contribution in [0.3, 0.4) is 0 Å². The van der Waals surface area contributed by atoms with Gasteiger partial charge in [-0.1, -0.05) is 24.3 Å². The zero-order valence-corrected chi connectivity index (χ0v) is 11.8. The molecule has 1 unspecified atom stereocenters. The van der Waals surface area contributed by atoms with E-state index >= 15 is 0 Å². The van der Waals surface area contributed by atoms with Gasteiger partial charge in [0.2, 0.25) is 0 Å². The molecule has 2 aromatic rings. The van der Waals surface area contributed by atoms with Crippen molar-refractivity contribution in [2.24, 2.45) is 0 Å². The Morgan fingerprint density at radius 2 is 2.06 bits per heavy atom. The van der Waals surface area contributed by atoms with Crippen LogP contribution >= 0.6 is 22.6 Å². The fourth-order valence-corrected chi connectivity index (χ4v) is 2.47. The summed E-state index contributed by atoms with van der Waals surface area (Å²) in [6.07, 6.45) is 1.82. The van der Waals surface area contributed by atoms with Crippen LogP contribution in [-0.2, 0) is 6.42 Å². The molecule has 2 rings (SSSR count). The summed E-state index contributed by atoms with van der Waals surface area (Å²) in [6, 6.07) is 11.8. The van der Waals surface area contributed by atoms with Crippen molar-refractivity contribution in [3.05, 3.63) is 63.0 Å². The Morgan fingerprint density at radius 3 is 2.76 bits per heavy atom. The molecular weight excluding hydrogens is 325 g/mol. The third-order valence-electron chi connectivity index (χ3n) is 2.71. The third-order valence-corrected chi connectivity index (χ3v) is 4.18. The average molecular weight is 339 g/mol. The number of hydrogen-bond donors (Lipinski definition) is 1. The molecule has 1 atom stereocenters. The first-order valence-electron chi connectivity index (χ1n) is 5.51. The van der Waals surface area contributed by atoms with E-state index in [1.54, 1.807) is 6.20 Å². The molecule has 1 aromatic carbocycles. The van der Waals surface area contributed by atoms with Crippen molar-refractivity contribution in [2.45, 2.75) is 19.4 Å². The summed E-state index contributed by atoms with van der Waals surface area (Å²) in [6.45, 7) is 2.05. The Kier molecular flexibility index (Phi) is 4.12. The van der Waals surface area contributed by atoms with Gasteiger partial charge >= 0.3 is 0 Å². The number of nitrogens with zero attached hydrogens (tertiary/aromatic N) is 1. The van der Waals surface area contributed by atoms with E-state index in [-0.39, 0.29) is 0 Å². The van der Waals surface area contributed by atoms with Crippen molar-refractivity contribution in [1.82, 2.24) is 4.98 Å². The summed E-state index contributed by atoms with van der Waals surface area (Å²) >= 11 is 2.28. The van der Waals surface area contributed by atoms with E-state index in [0.717, 1.165) is 14.8 Å². The fraction of sp³-hybridized carbons (Fsp3) is 0.214. The van der Waals surface area contributed by atoms with E-state index < -0.39 is 6.10 Å². The second-order valence-electron chi connectivity index (χ2n) is 4.02. The summed E-state index contributed by atoms with van der Waals surface area (Å²) in [5.74, 6) is 0. The molecule has 0 fully saturated rings. The van der Waals surface area contributed by atoms with Gasteiger partial charge < -0.3 is 5.11 Å². The molecule has 1 heterocycles. The minimum absolute atomic E-state index is 0.489. The van der Waals surface area contributed by atoms with Gasteiger partial charge in [-0.05, 0) is 52.8 Å². The summed E-state index contributed by atoms with van der Waals surface area (Å²) in [5, 5.41) is 10.2. The molecule has 0 amide bonds. The smallest absolute Gasteiger partial charge is 0.0855 e. The van der Waals surface area contributed by atoms with E-state index in [4.69, 9.17) is 0 Å². The zero-order valence-electron chi connectivity index (χ0n) is 9.60. The van der Waals surface area contributed by atoms with Gasteiger partial charge in [0.05, 0.1) is 6.10 Å². The van der Waals surface area contributed by atoms with Gasteiger partial charge in [0, 0.05) is 21.9 Å². The van der Waals surface area contributed by atoms with Gasteiger partial charge in [-0.3, -0.25) is 4.98 Å². The lowest BCUT2D eigenvalue weighted by atomic mass is 10.0. The van der Waals surface area contributed by atoms with Crippen LogP contribution < -0.4 is 0 Å². The highest BCUT2D eigenvalue weighted by molar-refractivity contribution is 14.1. The molecular formula is C14H14INO. The maximum absolute atomic E-state index is 10.2. The third kappa shape index (κ3) is 3.04. The molecule has 0 aliphatic heterocycles. The molecule has 2 nitrogen and oxygen atoms in total. The van der Waals surface area contributed by atoms with E-state index in [9.17, 15) is 5.11 Å². The van der Waals surface area contributed by atoms with E-state index in [2.05, 4.69) is 40.6 Å². The standard InChI is InChI=1S/C14H14INO/c1-10-5-4-7-12(14(10)15)13(17)9-11-6-2-3-8-16-11/h2-8,13,17H,9H2,1H3. The molecule has 1 aromatic heterocycles. The Balaban J connectivity index is 2.20. The Labute approximate surface area is 115 Å². The SMILES string of the molecule is Cc1cccc(C(O)Cc2ccccn2)c1I. The Hall–Kier alpha value is -0.940. The summed E-state index contributed by atoms with van der Waals surface area (Å²) < 4.78 is 1.13. The van der Waals surface area contributed by atoms with Crippen LogP contribution in [0.4, 0.5) is 0 Å². The fourth-order valence-electron chi connectivity index (χ4n) is 1.75. The first-order valence-corrected chi connectivity index (χ1v) is 6.59. The molecule has 0 aliphatic carbocycles. The number of hydrogen-bond acceptors (Lipinski definition) is 2. The predicted molar refractivity (Wildman–Crippen MR) is 76.8 cm³/mol. The molecule has 88 valence electrons. The van der Waals surface area contributed by atoms with Crippen molar-refractivity contribution in [3.63, 3.8) is 0 Å². The van der Waals surface area contributed by atoms with E-state index in [1.165, 1.54) is 5.56 Å². The van der Waals surface area contributed by atoms with Crippen LogP contribution in [0, 0.1) is 10.5 Å². The second kappa shape index (κ2) is 5.60. The van der Waals surface area contributed by atoms with Crippen LogP contribution in [0.1, 0.15) is 22.9 Å². The number of aromatic nitrogens is 1. The van der Waals surface area contributed by atoms with Gasteiger partial charge in [0.15, 0.2) is 0 Å². The molecule has 0 saturated carbocycles. The Bertz CT molecular complexity index is 499. The van der Waals surface area contributed by atoms with Crippen LogP contribution in [0.2, 0.25) is 0 Å². The quantitative estimate of drug-likeness (QED) is 0.871. The summed E-state index contributed by atoms with van der Waals surface area (Å²) in [5.41, 5.74) is 3.09. The normalized spacial score (nSPS) is 12.4. The van der Waals surface area contributed by atoms with Crippen molar-refractivity contribution >= 4 is 22.6 Å². The van der Waals surface area contributed by atoms with Crippen molar-refractivity contribution in [2.75, 3.05) is 0 Å². The van der Waals surface area contributed by atoms with Crippen LogP contribution in [0.15, 0.2) is 42.6 Å². The number of benzene rings is 1. The molecule has 0 radical (unpaired) electrons. The minimum Gasteiger partial charge on any atom is -0.388 e. The largest absolute Gasteiger partial charge is 0.388 e. The van der Waals surface area contributed by atoms with Crippen LogP contribution in [0.25, 0.3) is 0 Å². The molecule has 17 heavy (non-hydrogen) atoms. The molecule has 3 heteroatoms. The second-order valence-corrected chi connectivity index (χ2v) is 5.10. The first-order chi connectivity index (χ1) is 8.18. The number of pyridine rings is 1. The monoisotopic (exact) mass is 339 g/mol. The van der Waals surface area contributed by atoms with Gasteiger partial charge in [0.1, 0.15) is 0 Å². The number of rotatable bonds is 3. The van der Waals surface area contributed by atoms with E-state index in [0.29, 0.717) is 6.42 Å². The lowest BCUT2D eigenvalue weighted by molar-refractivity contribution is 0.176. The summed E-state index contributed by atoms with van der Waals surface area (Å²) in [4.78, 5) is 4.23. The zero-order chi connectivity index (χ0) is 12.3. The van der Waals surface area contributed by atoms with Crippen LogP contribution in [0.5, 0.6) is 0 Å². The topological polar surface area (TPSA) is 33.1 Å². The Morgan fingerprint density at radius 1 is 1.24 bits per heavy atom. The number of aryl methyl sites for hydroxylation is 1. The molecule has 0 aliphatic rings. The van der Waals surface area contributed by atoms with Crippen molar-refractivity contribution in [3.8, 4) is 0 Å². The first kappa shape index (κ1) is 12.5. The van der Waals surface area contributed by atoms with Gasteiger partial charge in [-0.15, -0.1) is 0 Å². The van der Waals surface area contributed by atoms with Gasteiger partial charge in [-0.2, -0.15) is 0 Å². The maximum Gasteiger partial charge on any atom is 0.0855 e. The highest BCUT2D eigenvalue weighted by atomic mass is 127. The summed E-state index contributed by atoms with van der Waals surface area (Å²) in [7, 11) is 0. The molecule has 0 bridgehead atoms. The predicted octanol–water partition coefficient (Wildman–Crippen LogP) is 3.27. The van der Waals surface area contributed by atoms with Gasteiger partial charge in [0.25, 0.3) is 0 Å². The van der Waals surface area contributed by atoms with Crippen molar-refractivity contribution < 1.29 is 5.11 Å². The van der Waals surface area contributed by atoms with Crippen molar-refractivity contribution in [1.29, 1.82) is 0 Å². The number of aliphatic hydroxyl groups is 1. The highest BCUT2D eigenvalue weighted by Crippen LogP contribution is 2.25. The van der Waals surface area contributed by atoms with Gasteiger partial charge in [-0.25, -0.2) is 0 Å². The molecule has 1 N–H and O–H groups in total. The highest BCUT2D eigenvalue weighted by Gasteiger charge is 2.13. The maximum atomic E-state index is 10.2. The molecule has 0 saturated heterocycles. The lowest BCUT2D eigenvalue weighted by Gasteiger charge is -2.13. The van der Waals surface area contributed by atoms with Crippen LogP contribution in [-0.4, -0.2) is 10.1 Å².